The first-order valence-electron chi connectivity index (χ1n) is 33.0. The number of hydrogen-bond acceptors (Lipinski definition) is 6. The zero-order valence-electron chi connectivity index (χ0n) is 51.6. The van der Waals surface area contributed by atoms with Gasteiger partial charge in [0.2, 0.25) is 0 Å². The second-order valence-electron chi connectivity index (χ2n) is 21.6. The predicted molar refractivity (Wildman–Crippen MR) is 343 cm³/mol. The van der Waals surface area contributed by atoms with E-state index in [2.05, 4.69) is 142 Å². The van der Waals surface area contributed by atoms with Crippen molar-refractivity contribution in [2.45, 2.75) is 309 Å². The molecule has 0 heterocycles. The van der Waals surface area contributed by atoms with Crippen molar-refractivity contribution in [1.82, 2.24) is 0 Å². The van der Waals surface area contributed by atoms with Crippen LogP contribution in [0.25, 0.3) is 0 Å². The lowest BCUT2D eigenvalue weighted by atomic mass is 10.1. The first-order valence-corrected chi connectivity index (χ1v) is 33.0. The number of carbonyl (C=O) groups is 3. The molecule has 0 rings (SSSR count). The van der Waals surface area contributed by atoms with Gasteiger partial charge in [0, 0.05) is 19.3 Å². The molecular weight excluding hydrogens is 973 g/mol. The highest BCUT2D eigenvalue weighted by Gasteiger charge is 2.19. The topological polar surface area (TPSA) is 78.9 Å². The third kappa shape index (κ3) is 64.5. The lowest BCUT2D eigenvalue weighted by molar-refractivity contribution is -0.167. The minimum atomic E-state index is -0.789. The van der Waals surface area contributed by atoms with Crippen molar-refractivity contribution in [3.8, 4) is 0 Å². The van der Waals surface area contributed by atoms with Crippen molar-refractivity contribution in [2.24, 2.45) is 0 Å². The molecule has 0 aromatic heterocycles. The Morgan fingerprint density at radius 1 is 0.266 bits per heavy atom. The maximum absolute atomic E-state index is 12.9. The summed E-state index contributed by atoms with van der Waals surface area (Å²) in [5.41, 5.74) is 0. The van der Waals surface area contributed by atoms with E-state index in [1.54, 1.807) is 0 Å². The van der Waals surface area contributed by atoms with Gasteiger partial charge in [-0.3, -0.25) is 14.4 Å². The Kier molecular flexibility index (Phi) is 62.8. The van der Waals surface area contributed by atoms with Crippen LogP contribution >= 0.6 is 0 Å². The molecule has 0 fully saturated rings. The highest BCUT2D eigenvalue weighted by molar-refractivity contribution is 5.71. The van der Waals surface area contributed by atoms with Gasteiger partial charge in [0.05, 0.1) is 0 Å². The Morgan fingerprint density at radius 3 is 0.810 bits per heavy atom. The summed E-state index contributed by atoms with van der Waals surface area (Å²) in [5, 5.41) is 0. The lowest BCUT2D eigenvalue weighted by Crippen LogP contribution is -2.30. The van der Waals surface area contributed by atoms with Crippen LogP contribution in [0.2, 0.25) is 0 Å². The van der Waals surface area contributed by atoms with Gasteiger partial charge < -0.3 is 14.2 Å². The molecule has 6 heteroatoms. The summed E-state index contributed by atoms with van der Waals surface area (Å²) in [6.45, 7) is 6.48. The van der Waals surface area contributed by atoms with Crippen LogP contribution in [0.1, 0.15) is 303 Å². The van der Waals surface area contributed by atoms with Crippen LogP contribution in [0, 0.1) is 0 Å². The van der Waals surface area contributed by atoms with Gasteiger partial charge in [-0.25, -0.2) is 0 Å². The molecule has 450 valence electrons. The maximum Gasteiger partial charge on any atom is 0.306 e. The minimum Gasteiger partial charge on any atom is -0.462 e. The third-order valence-electron chi connectivity index (χ3n) is 13.9. The molecule has 0 spiro atoms. The molecule has 1 unspecified atom stereocenters. The van der Waals surface area contributed by atoms with Crippen LogP contribution < -0.4 is 0 Å². The Labute approximate surface area is 488 Å². The zero-order chi connectivity index (χ0) is 57.1. The Bertz CT molecular complexity index is 1640. The molecule has 79 heavy (non-hydrogen) atoms. The maximum atomic E-state index is 12.9. The van der Waals surface area contributed by atoms with E-state index >= 15 is 0 Å². The molecule has 0 amide bonds. The SMILES string of the molecule is CC/C=C\C/C=C\C/C=C\C/C=C\C/C=C\C/C=C\C/C=C\C/C=C\CCCCCCCCCCCCC(=O)OCC(COC(=O)CCCCCCC/C=C\CCCCC)OC(=O)CCCCCCC/C=C\CCCCCCC. The quantitative estimate of drug-likeness (QED) is 0.0261. The van der Waals surface area contributed by atoms with Crippen molar-refractivity contribution in [1.29, 1.82) is 0 Å². The molecule has 0 N–H and O–H groups in total. The standard InChI is InChI=1S/C73H122O6/c1-4-7-10-13-16-19-22-25-27-28-29-30-31-32-33-34-35-36-37-38-39-40-41-42-43-44-45-46-47-49-51-54-57-60-63-66-72(75)78-69-70(68-77-71(74)65-62-59-56-53-50-24-21-18-15-12-9-6-3)79-73(76)67-64-61-58-55-52-48-26-23-20-17-14-11-8-5-2/h7,10,16,18-19,21,23,25-27,29-30,32-33,35-36,38-39,41-42,70H,4-6,8-9,11-15,17,20,22,24,28,31,34,37,40,43-69H2,1-3H3/b10-7-,19-16-,21-18-,26-23-,27-25-,30-29-,33-32-,36-35-,39-38-,42-41-. The molecule has 0 aliphatic rings. The number of allylic oxidation sites excluding steroid dienone is 20. The highest BCUT2D eigenvalue weighted by Crippen LogP contribution is 2.15. The van der Waals surface area contributed by atoms with E-state index < -0.39 is 6.10 Å². The third-order valence-corrected chi connectivity index (χ3v) is 13.9. The number of carbonyl (C=O) groups excluding carboxylic acids is 3. The minimum absolute atomic E-state index is 0.0862. The largest absolute Gasteiger partial charge is 0.462 e. The fraction of sp³-hybridized carbons (Fsp3) is 0.685. The molecule has 0 aromatic rings. The monoisotopic (exact) mass is 1090 g/mol. The van der Waals surface area contributed by atoms with Crippen molar-refractivity contribution < 1.29 is 28.6 Å². The summed E-state index contributed by atoms with van der Waals surface area (Å²) in [5.74, 6) is -0.903. The summed E-state index contributed by atoms with van der Waals surface area (Å²) >= 11 is 0. The molecule has 0 radical (unpaired) electrons. The molecule has 0 aliphatic heterocycles. The first-order chi connectivity index (χ1) is 39.0. The molecule has 6 nitrogen and oxygen atoms in total. The van der Waals surface area contributed by atoms with Crippen molar-refractivity contribution in [2.75, 3.05) is 13.2 Å². The summed E-state index contributed by atoms with van der Waals surface area (Å²) in [4.78, 5) is 38.2. The van der Waals surface area contributed by atoms with Gasteiger partial charge in [0.25, 0.3) is 0 Å². The molecule has 1 atom stereocenters. The van der Waals surface area contributed by atoms with Crippen molar-refractivity contribution >= 4 is 17.9 Å². The van der Waals surface area contributed by atoms with Gasteiger partial charge >= 0.3 is 17.9 Å². The normalized spacial score (nSPS) is 12.9. The number of ether oxygens (including phenoxy) is 3. The van der Waals surface area contributed by atoms with E-state index in [1.165, 1.54) is 135 Å². The number of rotatable bonds is 59. The molecule has 0 saturated heterocycles. The van der Waals surface area contributed by atoms with Gasteiger partial charge in [0.15, 0.2) is 6.10 Å². The molecule has 0 aliphatic carbocycles. The second kappa shape index (κ2) is 66.3. The van der Waals surface area contributed by atoms with Gasteiger partial charge in [0.1, 0.15) is 13.2 Å². The average Bonchev–Trinajstić information content (AvgIpc) is 3.45. The van der Waals surface area contributed by atoms with Crippen LogP contribution in [0.15, 0.2) is 122 Å². The van der Waals surface area contributed by atoms with E-state index in [-0.39, 0.29) is 31.1 Å². The van der Waals surface area contributed by atoms with E-state index in [9.17, 15) is 14.4 Å². The van der Waals surface area contributed by atoms with E-state index in [1.807, 2.05) is 0 Å². The Morgan fingerprint density at radius 2 is 0.494 bits per heavy atom. The summed E-state index contributed by atoms with van der Waals surface area (Å²) in [7, 11) is 0. The van der Waals surface area contributed by atoms with Crippen molar-refractivity contribution in [3.63, 3.8) is 0 Å². The van der Waals surface area contributed by atoms with Gasteiger partial charge in [-0.15, -0.1) is 0 Å². The van der Waals surface area contributed by atoms with E-state index in [0.717, 1.165) is 128 Å². The number of esters is 3. The van der Waals surface area contributed by atoms with Crippen LogP contribution in [-0.4, -0.2) is 37.2 Å². The molecule has 0 saturated carbocycles. The van der Waals surface area contributed by atoms with Gasteiger partial charge in [-0.05, 0) is 135 Å². The lowest BCUT2D eigenvalue weighted by Gasteiger charge is -2.18. The molecular formula is C73H122O6. The van der Waals surface area contributed by atoms with Crippen LogP contribution in [-0.2, 0) is 28.6 Å². The molecule has 0 aromatic carbocycles. The van der Waals surface area contributed by atoms with Crippen LogP contribution in [0.4, 0.5) is 0 Å². The highest BCUT2D eigenvalue weighted by atomic mass is 16.6. The van der Waals surface area contributed by atoms with E-state index in [0.29, 0.717) is 19.3 Å². The Balaban J connectivity index is 4.20. The van der Waals surface area contributed by atoms with E-state index in [4.69, 9.17) is 14.2 Å². The predicted octanol–water partition coefficient (Wildman–Crippen LogP) is 22.8. The first kappa shape index (κ1) is 74.8. The number of hydrogen-bond donors (Lipinski definition) is 0. The van der Waals surface area contributed by atoms with Crippen LogP contribution in [0.5, 0.6) is 0 Å². The van der Waals surface area contributed by atoms with Gasteiger partial charge in [-0.2, -0.15) is 0 Å². The Hall–Kier alpha value is -4.19. The van der Waals surface area contributed by atoms with Crippen molar-refractivity contribution in [3.05, 3.63) is 122 Å². The smallest absolute Gasteiger partial charge is 0.306 e. The fourth-order valence-corrected chi connectivity index (χ4v) is 8.98. The summed E-state index contributed by atoms with van der Waals surface area (Å²) < 4.78 is 16.9. The molecule has 0 bridgehead atoms. The zero-order valence-corrected chi connectivity index (χ0v) is 51.6. The van der Waals surface area contributed by atoms with Gasteiger partial charge in [-0.1, -0.05) is 271 Å². The average molecular weight is 1100 g/mol. The fourth-order valence-electron chi connectivity index (χ4n) is 8.98. The summed E-state index contributed by atoms with van der Waals surface area (Å²) in [6, 6.07) is 0. The van der Waals surface area contributed by atoms with Crippen LogP contribution in [0.3, 0.4) is 0 Å². The number of unbranched alkanes of at least 4 members (excludes halogenated alkanes) is 28. The second-order valence-corrected chi connectivity index (χ2v) is 21.6. The summed E-state index contributed by atoms with van der Waals surface area (Å²) in [6.07, 6.45) is 92.2.